The number of carbonyl (C=O) groups excluding carboxylic acids is 11. The van der Waals surface area contributed by atoms with Gasteiger partial charge in [0.25, 0.3) is 0 Å². The Hall–Kier alpha value is -6.04. The van der Waals surface area contributed by atoms with Gasteiger partial charge in [0.15, 0.2) is 26.5 Å². The summed E-state index contributed by atoms with van der Waals surface area (Å²) in [7, 11) is -4.02. The molecule has 0 aromatic rings. The summed E-state index contributed by atoms with van der Waals surface area (Å²) in [5, 5.41) is 123. The van der Waals surface area contributed by atoms with E-state index in [0.29, 0.717) is 77.0 Å². The number of ether oxygens (including phenoxy) is 9. The number of aliphatic hydroxyl groups excluding tert-OH is 10. The number of nitrogens with one attached hydrogen (secondary N) is 8. The van der Waals surface area contributed by atoms with Gasteiger partial charge in [0.1, 0.15) is 84.6 Å². The van der Waals surface area contributed by atoms with Crippen molar-refractivity contribution >= 4 is 72.3 Å². The zero-order valence-corrected chi connectivity index (χ0v) is 73.2. The van der Waals surface area contributed by atoms with Crippen LogP contribution in [0.3, 0.4) is 0 Å². The van der Waals surface area contributed by atoms with Crippen molar-refractivity contribution in [2.24, 2.45) is 5.41 Å². The molecule has 4 aliphatic heterocycles. The summed E-state index contributed by atoms with van der Waals surface area (Å²) < 4.78 is 69.0. The summed E-state index contributed by atoms with van der Waals surface area (Å²) >= 11 is 0. The van der Waals surface area contributed by atoms with Crippen molar-refractivity contribution < 1.29 is 160 Å². The number of unbranched alkanes of at least 4 members (excludes halogenated alkanes) is 11. The number of carbonyl (C=O) groups is 11. The van der Waals surface area contributed by atoms with Crippen LogP contribution in [0, 0.1) is 12.1 Å². The van der Waals surface area contributed by atoms with Crippen molar-refractivity contribution in [2.75, 3.05) is 125 Å². The molecular weight excluding hydrogens is 1660 g/mol. The fourth-order valence-corrected chi connectivity index (χ4v) is 14.9. The zero-order chi connectivity index (χ0) is 91.4. The van der Waals surface area contributed by atoms with Crippen LogP contribution in [0.15, 0.2) is 0 Å². The first-order chi connectivity index (χ1) is 59.2. The second-order valence-electron chi connectivity index (χ2n) is 32.2. The van der Waals surface area contributed by atoms with Crippen molar-refractivity contribution in [1.29, 1.82) is 0 Å². The molecule has 716 valence electrons. The molecule has 42 nitrogen and oxygen atoms in total. The number of amides is 9. The number of β-amino-alcohol motifs (C(OH)–C–C–N with tert-alkyl or cyclic N) is 1. The summed E-state index contributed by atoms with van der Waals surface area (Å²) in [6.45, 7) is 5.50. The molecule has 0 aliphatic carbocycles. The highest BCUT2D eigenvalue weighted by atomic mass is 31.2. The maximum Gasteiger partial charge on any atom is 0.222 e. The molecule has 9 amide bonds. The largest absolute Gasteiger partial charge is 0.394 e. The van der Waals surface area contributed by atoms with Crippen LogP contribution in [-0.4, -0.2) is 355 Å². The van der Waals surface area contributed by atoms with E-state index in [2.05, 4.69) is 49.2 Å². The van der Waals surface area contributed by atoms with Crippen LogP contribution in [-0.2, 0) is 104 Å². The van der Waals surface area contributed by atoms with E-state index in [0.717, 1.165) is 38.5 Å². The number of rotatable bonds is 68. The molecule has 0 spiro atoms. The number of ketones is 2. The molecule has 124 heavy (non-hydrogen) atoms. The number of Topliss-reactive ketones (excluding diaryl/α,β-unsaturated/α-hetero) is 2. The normalized spacial score (nSPS) is 25.4. The first-order valence-electron chi connectivity index (χ1n) is 43.6. The Morgan fingerprint density at radius 2 is 0.718 bits per heavy atom. The molecule has 0 aromatic heterocycles. The van der Waals surface area contributed by atoms with Gasteiger partial charge in [-0.05, 0) is 83.5 Å². The van der Waals surface area contributed by atoms with Gasteiger partial charge in [0.05, 0.1) is 78.2 Å². The number of likely N-dealkylation sites (tertiary alicyclic amines) is 1. The molecule has 4 fully saturated rings. The van der Waals surface area contributed by atoms with E-state index < -0.39 is 155 Å². The smallest absolute Gasteiger partial charge is 0.222 e. The Labute approximate surface area is 725 Å². The molecule has 4 saturated heterocycles. The quantitative estimate of drug-likeness (QED) is 0.0170. The minimum atomic E-state index is -4.02. The van der Waals surface area contributed by atoms with Crippen molar-refractivity contribution in [3.8, 4) is 0 Å². The SMILES string of the molecule is [CH2-]P(=O)(O)OC[C@@H]1C[C@@H](O)CN1C(=O)CCCCCCCCCCC(=O)CC(COCCC(=O)NCCCCC(=O)CCCCOC1OC(CO)C(O)C(O)C1NC(C)=O)(COCCC(=O)NCCCNC(=O)CCCCOC1OC(CO)C(O)C(O)C1NC(C)=O)COCCC(=O)NCCCNC(=O)CCCCOC1OC(CO)C(O)C(O)C1NC(C)=O. The van der Waals surface area contributed by atoms with E-state index in [1.54, 1.807) is 0 Å². The summed E-state index contributed by atoms with van der Waals surface area (Å²) in [5.74, 6) is -3.40. The molecule has 0 radical (unpaired) electrons. The highest BCUT2D eigenvalue weighted by Crippen LogP contribution is 2.40. The first kappa shape index (κ1) is 110. The molecule has 18 atom stereocenters. The van der Waals surface area contributed by atoms with Crippen LogP contribution in [0.4, 0.5) is 0 Å². The minimum Gasteiger partial charge on any atom is -0.394 e. The second kappa shape index (κ2) is 62.2. The maximum absolute atomic E-state index is 14.2. The highest BCUT2D eigenvalue weighted by molar-refractivity contribution is 7.54. The Balaban J connectivity index is 1.31. The van der Waals surface area contributed by atoms with Crippen LogP contribution in [0.1, 0.15) is 207 Å². The van der Waals surface area contributed by atoms with Crippen LogP contribution < -0.4 is 42.5 Å². The maximum atomic E-state index is 14.2. The van der Waals surface area contributed by atoms with Gasteiger partial charge in [-0.3, -0.25) is 57.3 Å². The molecule has 43 heteroatoms. The van der Waals surface area contributed by atoms with E-state index >= 15 is 0 Å². The van der Waals surface area contributed by atoms with Gasteiger partial charge in [-0.15, -0.1) is 0 Å². The summed E-state index contributed by atoms with van der Waals surface area (Å²) in [6.07, 6.45) is -5.12. The van der Waals surface area contributed by atoms with Gasteiger partial charge < -0.3 is 151 Å². The van der Waals surface area contributed by atoms with Crippen LogP contribution in [0.25, 0.3) is 0 Å². The van der Waals surface area contributed by atoms with Crippen LogP contribution in [0.2, 0.25) is 0 Å². The fraction of sp³-hybridized carbons (Fsp3) is 0.852. The third-order valence-electron chi connectivity index (χ3n) is 21.2. The second-order valence-corrected chi connectivity index (χ2v) is 33.7. The Kier molecular flexibility index (Phi) is 55.4. The van der Waals surface area contributed by atoms with Gasteiger partial charge in [-0.2, -0.15) is 0 Å². The van der Waals surface area contributed by atoms with E-state index in [-0.39, 0.29) is 223 Å². The van der Waals surface area contributed by atoms with E-state index in [1.807, 2.05) is 0 Å². The molecule has 0 saturated carbocycles. The topological polar surface area (TPSA) is 619 Å². The van der Waals surface area contributed by atoms with Crippen molar-refractivity contribution in [3.05, 3.63) is 6.66 Å². The summed E-state index contributed by atoms with van der Waals surface area (Å²) in [4.78, 5) is 151. The number of aliphatic hydroxyl groups is 10. The van der Waals surface area contributed by atoms with E-state index in [9.17, 15) is 113 Å². The highest BCUT2D eigenvalue weighted by Gasteiger charge is 2.48. The van der Waals surface area contributed by atoms with E-state index in [4.69, 9.17) is 47.2 Å². The Bertz CT molecular complexity index is 2940. The lowest BCUT2D eigenvalue weighted by molar-refractivity contribution is -0.270. The van der Waals surface area contributed by atoms with Gasteiger partial charge in [0.2, 0.25) is 53.2 Å². The molecule has 0 bridgehead atoms. The predicted molar refractivity (Wildman–Crippen MR) is 440 cm³/mol. The number of hydrogen-bond donors (Lipinski definition) is 19. The minimum absolute atomic E-state index is 0.00790. The lowest BCUT2D eigenvalue weighted by atomic mass is 9.84. The Morgan fingerprint density at radius 1 is 0.403 bits per heavy atom. The molecule has 4 aliphatic rings. The molecule has 4 rings (SSSR count). The van der Waals surface area contributed by atoms with Gasteiger partial charge >= 0.3 is 0 Å². The Morgan fingerprint density at radius 3 is 1.07 bits per heavy atom. The third-order valence-corrected chi connectivity index (χ3v) is 21.8. The third kappa shape index (κ3) is 45.3. The zero-order valence-electron chi connectivity index (χ0n) is 72.3. The molecule has 16 unspecified atom stereocenters. The molecular formula is C81H143N9O33P-. The molecule has 19 N–H and O–H groups in total. The van der Waals surface area contributed by atoms with Crippen molar-refractivity contribution in [3.63, 3.8) is 0 Å². The van der Waals surface area contributed by atoms with Gasteiger partial charge in [-0.25, -0.2) is 6.66 Å². The number of nitrogens with zero attached hydrogens (tertiary/aromatic N) is 1. The van der Waals surface area contributed by atoms with Crippen molar-refractivity contribution in [1.82, 2.24) is 47.4 Å². The molecule has 4 heterocycles. The predicted octanol–water partition coefficient (Wildman–Crippen LogP) is -2.50. The van der Waals surface area contributed by atoms with Gasteiger partial charge in [-0.1, -0.05) is 38.5 Å². The lowest BCUT2D eigenvalue weighted by Crippen LogP contribution is -2.64. The monoisotopic (exact) mass is 1800 g/mol. The summed E-state index contributed by atoms with van der Waals surface area (Å²) in [5.41, 5.74) is -1.20. The fourth-order valence-electron chi connectivity index (χ4n) is 14.5. The van der Waals surface area contributed by atoms with E-state index in [1.165, 1.54) is 25.7 Å². The van der Waals surface area contributed by atoms with Gasteiger partial charge in [0, 0.05) is 149 Å². The van der Waals surface area contributed by atoms with Crippen LogP contribution in [0.5, 0.6) is 0 Å². The van der Waals surface area contributed by atoms with Crippen molar-refractivity contribution in [2.45, 2.75) is 311 Å². The lowest BCUT2D eigenvalue weighted by Gasteiger charge is -2.42. The standard InChI is InChI=1S/C81H143N9O33P/c1-53(94)87-69-75(109)72(106)60(46-91)121-78(69)117-37-18-14-24-57(97)23-13-17-32-82-65(102)29-40-114-50-81(44-58(98)25-11-9-7-5-6-8-10-12-28-68(105)90-45-59(99)43-56(90)49-120-124(4,112)113,51-115-41-30-66(103)85-35-21-33-83-63(100)26-15-19-38-118-79-70(88-54(2)95)76(110)73(107)61(47-92)122-79)52-116-42-31-67(104)86-36-22-34-84-64(101)27-16-20-39-119-80-71(89-55(3)96)77(111)74(108)62(48-93)123-80/h56,59-62,69-80,91-93,99,106-111H,4-52H2,1-3H3,(H,82,102)(H,83,100)(H,84,101)(H,85,103)(H,86,104)(H,87,94)(H,88,95)(H,89,96)(H,112,113)/q-1/t56-,59+,60?,61?,62?,69?,70?,71?,72?,73?,74?,75?,76?,77?,78?,79?,80?,81?/m0/s1. The number of hydrogen-bond acceptors (Lipinski definition) is 32. The van der Waals surface area contributed by atoms with Crippen LogP contribution >= 0.6 is 7.60 Å². The average Bonchev–Trinajstić information content (AvgIpc) is 0.867. The molecule has 0 aromatic carbocycles. The average molecular weight is 1800 g/mol. The first-order valence-corrected chi connectivity index (χ1v) is 45.4. The summed E-state index contributed by atoms with van der Waals surface area (Å²) in [6, 6.07) is -3.83.